The molecule has 0 radical (unpaired) electrons. The Balaban J connectivity index is 0.000000137. The zero-order chi connectivity index (χ0) is 95.1. The Morgan fingerprint density at radius 1 is 0.211 bits per heavy atom. The highest BCUT2D eigenvalue weighted by Gasteiger charge is 2.33. The van der Waals surface area contributed by atoms with Gasteiger partial charge in [-0.05, 0) is 334 Å². The summed E-state index contributed by atoms with van der Waals surface area (Å²) in [6, 6.07) is 104. The van der Waals surface area contributed by atoms with E-state index in [1.807, 2.05) is 0 Å². The van der Waals surface area contributed by atoms with Crippen LogP contribution in [0.3, 0.4) is 0 Å². The second-order valence-electron chi connectivity index (χ2n) is 39.8. The molecular formula is C125H142N8+4. The molecule has 0 unspecified atom stereocenters. The minimum atomic E-state index is 0.440. The smallest absolute Gasteiger partial charge is 0.230 e. The summed E-state index contributed by atoms with van der Waals surface area (Å²) in [6.45, 7) is 63.9. The monoisotopic (exact) mass is 1760 g/mol. The molecule has 0 aliphatic carbocycles. The summed E-state index contributed by atoms with van der Waals surface area (Å²) < 4.78 is 19.1. The number of fused-ring (bicyclic) bond motifs is 4. The van der Waals surface area contributed by atoms with Crippen LogP contribution in [0.2, 0.25) is 0 Å². The third-order valence-electron chi connectivity index (χ3n) is 28.3. The van der Waals surface area contributed by atoms with Crippen LogP contribution in [0.4, 0.5) is 0 Å². The van der Waals surface area contributed by atoms with E-state index in [0.717, 1.165) is 0 Å². The van der Waals surface area contributed by atoms with E-state index in [1.54, 1.807) is 0 Å². The van der Waals surface area contributed by atoms with Crippen molar-refractivity contribution in [3.63, 3.8) is 0 Å². The van der Waals surface area contributed by atoms with Crippen LogP contribution >= 0.6 is 0 Å². The van der Waals surface area contributed by atoms with Crippen LogP contribution in [-0.4, -0.2) is 18.3 Å². The number of aryl methyl sites for hydroxylation is 5. The van der Waals surface area contributed by atoms with Gasteiger partial charge in [-0.15, -0.1) is 0 Å². The first kappa shape index (κ1) is 94.6. The molecule has 14 aromatic carbocycles. The summed E-state index contributed by atoms with van der Waals surface area (Å²) in [4.78, 5) is 0. The molecule has 18 rings (SSSR count). The fraction of sp³-hybridized carbons (Fsp3) is 0.296. The van der Waals surface area contributed by atoms with Gasteiger partial charge in [-0.1, -0.05) is 287 Å². The predicted molar refractivity (Wildman–Crippen MR) is 565 cm³/mol. The molecule has 4 aromatic heterocycles. The molecule has 0 atom stereocenters. The zero-order valence-electron chi connectivity index (χ0n) is 84.8. The minimum absolute atomic E-state index is 0.440. The quantitative estimate of drug-likeness (QED) is 0.0768. The maximum Gasteiger partial charge on any atom is 0.264 e. The molecule has 0 fully saturated rings. The SMILES string of the molecule is Cc1cc(-c2c(C(C)C)cc(C(C)C)cc2C(C)C)cc(-[n+]2c(C)n(-c3ccccc3)c3ccccc32)c1C.Cc1cc(-c2c(C(C)C)cc(C(C)C)cc2C(C)C)cc(-n2c(C)[n+](C)c3ccccc32)c1C.Cc1cc(-c2c(C(C)C)cccc2C(C)C)cc(-[n+]2c(C)n(-c3ccccc3)c3ccccc32)c1C.Cc1cccc(-[n+]2c(C)n(-c3ccccc3)c3ccccc32)c1C. The van der Waals surface area contributed by atoms with Crippen LogP contribution in [0.1, 0.15) is 270 Å². The average molecular weight is 1760 g/mol. The molecule has 678 valence electrons. The number of hydrogen-bond acceptors (Lipinski definition) is 0. The lowest BCUT2D eigenvalue weighted by molar-refractivity contribution is -0.652. The highest BCUT2D eigenvalue weighted by Crippen LogP contribution is 2.45. The molecule has 0 N–H and O–H groups in total. The molecular weight excluding hydrogens is 1610 g/mol. The second kappa shape index (κ2) is 39.4. The van der Waals surface area contributed by atoms with Crippen molar-refractivity contribution in [2.24, 2.45) is 7.05 Å². The number of rotatable bonds is 18. The molecule has 133 heavy (non-hydrogen) atoms. The molecule has 0 saturated heterocycles. The van der Waals surface area contributed by atoms with Gasteiger partial charge in [0.2, 0.25) is 0 Å². The summed E-state index contributed by atoms with van der Waals surface area (Å²) in [7, 11) is 2.17. The number of para-hydroxylation sites is 11. The highest BCUT2D eigenvalue weighted by molar-refractivity contribution is 5.84. The first-order chi connectivity index (χ1) is 63.6. The molecule has 0 aliphatic rings. The highest BCUT2D eigenvalue weighted by atomic mass is 15.2. The van der Waals surface area contributed by atoms with Crippen molar-refractivity contribution in [2.75, 3.05) is 0 Å². The van der Waals surface area contributed by atoms with Crippen LogP contribution in [0, 0.1) is 83.1 Å². The Hall–Kier alpha value is -13.0. The van der Waals surface area contributed by atoms with Crippen molar-refractivity contribution < 1.29 is 18.3 Å². The lowest BCUT2D eigenvalue weighted by Gasteiger charge is -2.24. The minimum Gasteiger partial charge on any atom is -0.230 e. The fourth-order valence-electron chi connectivity index (χ4n) is 20.3. The summed E-state index contributed by atoms with van der Waals surface area (Å²) in [5.74, 6) is 8.59. The standard InChI is InChI=1S/C37H43N2.C34H37N2.C32H41N2.C22H21N2/c1-23(2)29-20-32(24(3)4)37(33(21-29)25(5)6)30-19-26(7)27(8)36(22-30)39-28(9)38(31-15-11-10-12-16-31)34-17-13-14-18-35(34)39;1-22(2)29-16-13-17-30(23(3)4)34(29)27-20-24(5)25(6)33(21-27)36-26(7)35(28-14-9-8-10-15-28)31-18-11-12-19-32(31)36;1-19(2)25-16-27(20(3)4)32(28(17-25)21(5)6)26-15-22(7)23(8)31(18-26)34-24(9)33(10)29-13-11-12-14-30(29)34;1-16-10-9-15-20(17(16)2)24-18(3)23(19-11-5-4-6-12-19)21-13-7-8-14-22(21)24/h10-25H,1-9H3;8-23H,1-7H3;11-21H,1-10H3;4-15H,1-3H3/q4*+1. The third kappa shape index (κ3) is 18.2. The van der Waals surface area contributed by atoms with Gasteiger partial charge in [-0.2, -0.15) is 32.0 Å². The normalized spacial score (nSPS) is 11.7. The molecule has 0 amide bonds. The van der Waals surface area contributed by atoms with E-state index in [1.165, 1.54) is 230 Å². The van der Waals surface area contributed by atoms with Crippen molar-refractivity contribution in [3.05, 3.63) is 397 Å². The first-order valence-electron chi connectivity index (χ1n) is 48.7. The number of imidazole rings is 4. The number of hydrogen-bond donors (Lipinski definition) is 0. The van der Waals surface area contributed by atoms with Crippen molar-refractivity contribution >= 4 is 44.1 Å². The number of nitrogens with zero attached hydrogens (tertiary/aromatic N) is 8. The van der Waals surface area contributed by atoms with Crippen LogP contribution in [-0.2, 0) is 7.05 Å². The van der Waals surface area contributed by atoms with Gasteiger partial charge < -0.3 is 0 Å². The Bertz CT molecular complexity index is 7240. The molecule has 0 bridgehead atoms. The summed E-state index contributed by atoms with van der Waals surface area (Å²) in [5, 5.41) is 0. The van der Waals surface area contributed by atoms with E-state index in [0.29, 0.717) is 47.3 Å². The molecule has 0 spiro atoms. The number of benzene rings is 14. The van der Waals surface area contributed by atoms with Crippen molar-refractivity contribution in [2.45, 2.75) is 241 Å². The van der Waals surface area contributed by atoms with Gasteiger partial charge in [0.05, 0.1) is 7.05 Å². The molecule has 0 saturated carbocycles. The molecule has 18 aromatic rings. The Morgan fingerprint density at radius 3 is 0.827 bits per heavy atom. The van der Waals surface area contributed by atoms with E-state index < -0.39 is 0 Å². The van der Waals surface area contributed by atoms with Gasteiger partial charge in [0.15, 0.2) is 44.1 Å². The lowest BCUT2D eigenvalue weighted by Crippen LogP contribution is -2.34. The maximum absolute atomic E-state index is 2.46. The lowest BCUT2D eigenvalue weighted by atomic mass is 9.81. The van der Waals surface area contributed by atoms with E-state index in [-0.39, 0.29) is 0 Å². The van der Waals surface area contributed by atoms with Gasteiger partial charge in [-0.3, -0.25) is 0 Å². The van der Waals surface area contributed by atoms with Crippen molar-refractivity contribution in [1.29, 1.82) is 0 Å². The van der Waals surface area contributed by atoms with Gasteiger partial charge in [-0.25, -0.2) is 4.57 Å². The van der Waals surface area contributed by atoms with Crippen LogP contribution in [0.15, 0.2) is 285 Å². The number of aromatic nitrogens is 8. The summed E-state index contributed by atoms with van der Waals surface area (Å²) in [5.41, 5.74) is 48.8. The molecule has 4 heterocycles. The summed E-state index contributed by atoms with van der Waals surface area (Å²) >= 11 is 0. The van der Waals surface area contributed by atoms with Gasteiger partial charge in [0.1, 0.15) is 39.8 Å². The first-order valence-corrected chi connectivity index (χ1v) is 48.7. The Morgan fingerprint density at radius 2 is 0.489 bits per heavy atom. The maximum atomic E-state index is 2.46. The Labute approximate surface area is 794 Å². The summed E-state index contributed by atoms with van der Waals surface area (Å²) in [6.07, 6.45) is 0. The van der Waals surface area contributed by atoms with Gasteiger partial charge in [0, 0.05) is 27.7 Å². The fourth-order valence-corrected chi connectivity index (χ4v) is 20.3. The van der Waals surface area contributed by atoms with E-state index >= 15 is 0 Å². The molecule has 0 aliphatic heterocycles. The molecule has 8 heteroatoms. The predicted octanol–water partition coefficient (Wildman–Crippen LogP) is 31.9. The van der Waals surface area contributed by atoms with Crippen LogP contribution in [0.25, 0.3) is 117 Å². The largest absolute Gasteiger partial charge is 0.264 e. The second-order valence-corrected chi connectivity index (χ2v) is 39.8. The van der Waals surface area contributed by atoms with E-state index in [2.05, 4.69) is 523 Å². The van der Waals surface area contributed by atoms with Gasteiger partial charge >= 0.3 is 0 Å². The van der Waals surface area contributed by atoms with Crippen LogP contribution in [0.5, 0.6) is 0 Å². The van der Waals surface area contributed by atoms with E-state index in [9.17, 15) is 0 Å². The van der Waals surface area contributed by atoms with Crippen molar-refractivity contribution in [1.82, 2.24) is 18.3 Å². The topological polar surface area (TPSA) is 35.2 Å². The van der Waals surface area contributed by atoms with Crippen molar-refractivity contribution in [3.8, 4) is 73.2 Å². The van der Waals surface area contributed by atoms with Gasteiger partial charge in [0.25, 0.3) is 23.3 Å². The van der Waals surface area contributed by atoms with Crippen LogP contribution < -0.4 is 18.3 Å². The zero-order valence-corrected chi connectivity index (χ0v) is 84.8. The Kier molecular flexibility index (Phi) is 28.0. The average Bonchev–Trinajstić information content (AvgIpc) is 1.61. The van der Waals surface area contributed by atoms with E-state index in [4.69, 9.17) is 0 Å². The molecule has 8 nitrogen and oxygen atoms in total. The third-order valence-corrected chi connectivity index (χ3v) is 28.3.